The Morgan fingerprint density at radius 2 is 2.21 bits per heavy atom. The average molecular weight is 270 g/mol. The summed E-state index contributed by atoms with van der Waals surface area (Å²) in [7, 11) is 0. The number of piperidine rings is 1. The molecule has 0 aromatic rings. The molecule has 0 saturated carbocycles. The van der Waals surface area contributed by atoms with Gasteiger partial charge in [0.15, 0.2) is 0 Å². The standard InChI is InChI=1S/C14H26N2O3/c1-2-4-12(15)9-13(17)16-8-3-5-11(10-16)6-7-14(18)19/h11-12H,2-10,15H2,1H3,(H,18,19). The first-order valence-corrected chi connectivity index (χ1v) is 7.28. The monoisotopic (exact) mass is 270 g/mol. The van der Waals surface area contributed by atoms with Crippen LogP contribution in [-0.4, -0.2) is 41.0 Å². The summed E-state index contributed by atoms with van der Waals surface area (Å²) in [5.74, 6) is -0.300. The van der Waals surface area contributed by atoms with Crippen LogP contribution in [0.25, 0.3) is 0 Å². The number of amides is 1. The van der Waals surface area contributed by atoms with Crippen LogP contribution in [0, 0.1) is 5.92 Å². The SMILES string of the molecule is CCCC(N)CC(=O)N1CCCC(CCC(=O)O)C1. The highest BCUT2D eigenvalue weighted by Gasteiger charge is 2.24. The minimum absolute atomic E-state index is 0.0445. The fraction of sp³-hybridized carbons (Fsp3) is 0.857. The van der Waals surface area contributed by atoms with Crippen molar-refractivity contribution < 1.29 is 14.7 Å². The highest BCUT2D eigenvalue weighted by Crippen LogP contribution is 2.21. The molecule has 0 aromatic heterocycles. The highest BCUT2D eigenvalue weighted by molar-refractivity contribution is 5.77. The Hall–Kier alpha value is -1.10. The van der Waals surface area contributed by atoms with E-state index in [0.717, 1.165) is 32.2 Å². The van der Waals surface area contributed by atoms with Gasteiger partial charge in [0.1, 0.15) is 0 Å². The quantitative estimate of drug-likeness (QED) is 0.736. The van der Waals surface area contributed by atoms with Gasteiger partial charge in [0.25, 0.3) is 0 Å². The van der Waals surface area contributed by atoms with E-state index in [1.54, 1.807) is 0 Å². The van der Waals surface area contributed by atoms with Crippen molar-refractivity contribution in [3.63, 3.8) is 0 Å². The molecule has 2 unspecified atom stereocenters. The molecule has 1 saturated heterocycles. The number of rotatable bonds is 7. The Bertz CT molecular complexity index is 307. The van der Waals surface area contributed by atoms with Gasteiger partial charge < -0.3 is 15.7 Å². The number of carboxylic acids is 1. The molecule has 0 radical (unpaired) electrons. The number of nitrogens with two attached hydrogens (primary N) is 1. The van der Waals surface area contributed by atoms with Crippen LogP contribution < -0.4 is 5.73 Å². The van der Waals surface area contributed by atoms with Crippen molar-refractivity contribution in [3.8, 4) is 0 Å². The lowest BCUT2D eigenvalue weighted by Crippen LogP contribution is -2.42. The zero-order chi connectivity index (χ0) is 14.3. The van der Waals surface area contributed by atoms with Crippen LogP contribution in [0.15, 0.2) is 0 Å². The molecular weight excluding hydrogens is 244 g/mol. The number of nitrogens with zero attached hydrogens (tertiary/aromatic N) is 1. The number of hydrogen-bond donors (Lipinski definition) is 2. The van der Waals surface area contributed by atoms with Crippen LogP contribution in [0.1, 0.15) is 51.9 Å². The van der Waals surface area contributed by atoms with Crippen molar-refractivity contribution in [2.45, 2.75) is 57.9 Å². The van der Waals surface area contributed by atoms with Crippen LogP contribution in [0.4, 0.5) is 0 Å². The van der Waals surface area contributed by atoms with Crippen molar-refractivity contribution in [2.24, 2.45) is 11.7 Å². The summed E-state index contributed by atoms with van der Waals surface area (Å²) in [5.41, 5.74) is 5.90. The van der Waals surface area contributed by atoms with E-state index in [0.29, 0.717) is 25.3 Å². The number of hydrogen-bond acceptors (Lipinski definition) is 3. The molecule has 0 aromatic carbocycles. The molecule has 3 N–H and O–H groups in total. The second-order valence-electron chi connectivity index (χ2n) is 5.53. The Kier molecular flexibility index (Phi) is 6.84. The van der Waals surface area contributed by atoms with Crippen LogP contribution in [0.5, 0.6) is 0 Å². The van der Waals surface area contributed by atoms with Gasteiger partial charge in [0, 0.05) is 32.0 Å². The van der Waals surface area contributed by atoms with E-state index in [1.807, 2.05) is 4.90 Å². The molecule has 1 aliphatic rings. The fourth-order valence-corrected chi connectivity index (χ4v) is 2.68. The molecule has 2 atom stereocenters. The highest BCUT2D eigenvalue weighted by atomic mass is 16.4. The molecule has 0 aliphatic carbocycles. The lowest BCUT2D eigenvalue weighted by molar-refractivity contribution is -0.137. The van der Waals surface area contributed by atoms with E-state index in [1.165, 1.54) is 0 Å². The molecule has 110 valence electrons. The first-order chi connectivity index (χ1) is 9.02. The van der Waals surface area contributed by atoms with Crippen LogP contribution >= 0.6 is 0 Å². The molecule has 1 heterocycles. The summed E-state index contributed by atoms with van der Waals surface area (Å²) in [6.45, 7) is 3.55. The Balaban J connectivity index is 2.36. The predicted octanol–water partition coefficient (Wildman–Crippen LogP) is 1.61. The van der Waals surface area contributed by atoms with Gasteiger partial charge in [-0.2, -0.15) is 0 Å². The fourth-order valence-electron chi connectivity index (χ4n) is 2.68. The van der Waals surface area contributed by atoms with Crippen molar-refractivity contribution in [3.05, 3.63) is 0 Å². The summed E-state index contributed by atoms with van der Waals surface area (Å²) in [5, 5.41) is 8.70. The second kappa shape index (κ2) is 8.15. The zero-order valence-electron chi connectivity index (χ0n) is 11.8. The summed E-state index contributed by atoms with van der Waals surface area (Å²) in [4.78, 5) is 24.5. The molecule has 1 rings (SSSR count). The number of carboxylic acid groups (broad SMARTS) is 1. The lowest BCUT2D eigenvalue weighted by Gasteiger charge is -2.33. The molecule has 1 amide bonds. The Morgan fingerprint density at radius 3 is 2.84 bits per heavy atom. The van der Waals surface area contributed by atoms with Crippen LogP contribution in [0.3, 0.4) is 0 Å². The summed E-state index contributed by atoms with van der Waals surface area (Å²) < 4.78 is 0. The minimum atomic E-state index is -0.756. The van der Waals surface area contributed by atoms with E-state index in [4.69, 9.17) is 10.8 Å². The normalized spacial score (nSPS) is 21.2. The third-order valence-electron chi connectivity index (χ3n) is 3.73. The van der Waals surface area contributed by atoms with E-state index in [-0.39, 0.29) is 18.4 Å². The first-order valence-electron chi connectivity index (χ1n) is 7.28. The van der Waals surface area contributed by atoms with Crippen molar-refractivity contribution in [1.29, 1.82) is 0 Å². The van der Waals surface area contributed by atoms with Gasteiger partial charge >= 0.3 is 5.97 Å². The zero-order valence-corrected chi connectivity index (χ0v) is 11.8. The van der Waals surface area contributed by atoms with Gasteiger partial charge in [0.05, 0.1) is 0 Å². The van der Waals surface area contributed by atoms with Crippen molar-refractivity contribution in [1.82, 2.24) is 4.90 Å². The first kappa shape index (κ1) is 16.0. The maximum atomic E-state index is 12.1. The number of likely N-dealkylation sites (tertiary alicyclic amines) is 1. The van der Waals surface area contributed by atoms with Crippen LogP contribution in [0.2, 0.25) is 0 Å². The van der Waals surface area contributed by atoms with Gasteiger partial charge in [-0.1, -0.05) is 13.3 Å². The number of carbonyl (C=O) groups excluding carboxylic acids is 1. The van der Waals surface area contributed by atoms with Gasteiger partial charge in [-0.25, -0.2) is 0 Å². The molecule has 0 spiro atoms. The van der Waals surface area contributed by atoms with Crippen LogP contribution in [-0.2, 0) is 9.59 Å². The minimum Gasteiger partial charge on any atom is -0.481 e. The Morgan fingerprint density at radius 1 is 1.47 bits per heavy atom. The van der Waals surface area contributed by atoms with Crippen molar-refractivity contribution >= 4 is 11.9 Å². The van der Waals surface area contributed by atoms with Gasteiger partial charge in [0.2, 0.25) is 5.91 Å². The number of aliphatic carboxylic acids is 1. The third-order valence-corrected chi connectivity index (χ3v) is 3.73. The topological polar surface area (TPSA) is 83.6 Å². The third kappa shape index (κ3) is 6.05. The van der Waals surface area contributed by atoms with Gasteiger partial charge in [-0.3, -0.25) is 9.59 Å². The number of carbonyl (C=O) groups is 2. The molecule has 5 nitrogen and oxygen atoms in total. The lowest BCUT2D eigenvalue weighted by atomic mass is 9.93. The molecule has 1 fully saturated rings. The second-order valence-corrected chi connectivity index (χ2v) is 5.53. The summed E-state index contributed by atoms with van der Waals surface area (Å²) in [6.07, 6.45) is 5.15. The summed E-state index contributed by atoms with van der Waals surface area (Å²) in [6, 6.07) is -0.0445. The van der Waals surface area contributed by atoms with Gasteiger partial charge in [-0.15, -0.1) is 0 Å². The van der Waals surface area contributed by atoms with Crippen molar-refractivity contribution in [2.75, 3.05) is 13.1 Å². The molecule has 19 heavy (non-hydrogen) atoms. The Labute approximate surface area is 115 Å². The molecule has 0 bridgehead atoms. The van der Waals surface area contributed by atoms with E-state index in [9.17, 15) is 9.59 Å². The van der Waals surface area contributed by atoms with E-state index >= 15 is 0 Å². The van der Waals surface area contributed by atoms with Gasteiger partial charge in [-0.05, 0) is 31.6 Å². The summed E-state index contributed by atoms with van der Waals surface area (Å²) >= 11 is 0. The molecule has 1 aliphatic heterocycles. The smallest absolute Gasteiger partial charge is 0.303 e. The maximum absolute atomic E-state index is 12.1. The average Bonchev–Trinajstić information content (AvgIpc) is 2.37. The van der Waals surface area contributed by atoms with E-state index < -0.39 is 5.97 Å². The van der Waals surface area contributed by atoms with E-state index in [2.05, 4.69) is 6.92 Å². The molecule has 5 heteroatoms. The largest absolute Gasteiger partial charge is 0.481 e. The predicted molar refractivity (Wildman–Crippen MR) is 73.7 cm³/mol. The maximum Gasteiger partial charge on any atom is 0.303 e. The molecular formula is C14H26N2O3.